The molecule has 1 aliphatic rings. The van der Waals surface area contributed by atoms with Crippen LogP contribution in [-0.2, 0) is 15.9 Å². The number of carbonyl (C=O) groups excluding carboxylic acids is 1. The number of hydrogen-bond donors (Lipinski definition) is 2. The van der Waals surface area contributed by atoms with Crippen LogP contribution in [0.15, 0.2) is 29.2 Å². The van der Waals surface area contributed by atoms with Crippen LogP contribution in [0.3, 0.4) is 0 Å². The summed E-state index contributed by atoms with van der Waals surface area (Å²) in [4.78, 5) is 11.4. The highest BCUT2D eigenvalue weighted by molar-refractivity contribution is 7.79. The molecule has 1 heterocycles. The second kappa shape index (κ2) is 4.12. The van der Waals surface area contributed by atoms with Crippen LogP contribution in [0, 0.1) is 0 Å². The monoisotopic (exact) mass is 225 g/mol. The van der Waals surface area contributed by atoms with E-state index in [2.05, 4.69) is 5.32 Å². The maximum Gasteiger partial charge on any atom is 0.220 e. The van der Waals surface area contributed by atoms with E-state index in [-0.39, 0.29) is 11.9 Å². The fourth-order valence-corrected chi connectivity index (χ4v) is 2.05. The molecule has 1 aromatic carbocycles. The molecule has 0 bridgehead atoms. The Hall–Kier alpha value is -1.20. The Balaban J connectivity index is 2.17. The molecule has 80 valence electrons. The summed E-state index contributed by atoms with van der Waals surface area (Å²) in [6.07, 6.45) is 1.35. The predicted octanol–water partition coefficient (Wildman–Crippen LogP) is 1.22. The molecule has 0 spiro atoms. The molecule has 1 saturated heterocycles. The van der Waals surface area contributed by atoms with E-state index in [9.17, 15) is 9.00 Å². The summed E-state index contributed by atoms with van der Waals surface area (Å²) in [7, 11) is 0. The molecule has 4 nitrogen and oxygen atoms in total. The number of amides is 1. The van der Waals surface area contributed by atoms with Crippen molar-refractivity contribution in [3.63, 3.8) is 0 Å². The van der Waals surface area contributed by atoms with Crippen molar-refractivity contribution in [3.8, 4) is 0 Å². The summed E-state index contributed by atoms with van der Waals surface area (Å²) in [5, 5.41) is 2.84. The topological polar surface area (TPSA) is 66.4 Å². The van der Waals surface area contributed by atoms with Crippen LogP contribution in [0.25, 0.3) is 0 Å². The highest BCUT2D eigenvalue weighted by atomic mass is 32.2. The van der Waals surface area contributed by atoms with Crippen LogP contribution in [0.4, 0.5) is 0 Å². The highest BCUT2D eigenvalue weighted by Crippen LogP contribution is 2.24. The van der Waals surface area contributed by atoms with E-state index in [1.54, 1.807) is 24.3 Å². The van der Waals surface area contributed by atoms with E-state index < -0.39 is 11.1 Å². The summed E-state index contributed by atoms with van der Waals surface area (Å²) in [5.74, 6) is 0.0646. The average Bonchev–Trinajstić information content (AvgIpc) is 2.65. The van der Waals surface area contributed by atoms with E-state index >= 15 is 0 Å². The predicted molar refractivity (Wildman–Crippen MR) is 55.6 cm³/mol. The Labute approximate surface area is 90.0 Å². The number of rotatable bonds is 2. The molecule has 1 aliphatic heterocycles. The van der Waals surface area contributed by atoms with Crippen molar-refractivity contribution < 1.29 is 13.6 Å². The summed E-state index contributed by atoms with van der Waals surface area (Å²) in [5.41, 5.74) is 0.982. The van der Waals surface area contributed by atoms with Crippen LogP contribution in [0.5, 0.6) is 0 Å². The third kappa shape index (κ3) is 2.24. The molecular weight excluding hydrogens is 214 g/mol. The zero-order valence-corrected chi connectivity index (χ0v) is 8.79. The highest BCUT2D eigenvalue weighted by Gasteiger charge is 2.21. The molecule has 15 heavy (non-hydrogen) atoms. The Morgan fingerprint density at radius 2 is 2.00 bits per heavy atom. The van der Waals surface area contributed by atoms with Crippen LogP contribution < -0.4 is 5.32 Å². The Morgan fingerprint density at radius 1 is 1.33 bits per heavy atom. The maximum absolute atomic E-state index is 11.0. The third-order valence-corrected chi connectivity index (χ3v) is 3.15. The van der Waals surface area contributed by atoms with Crippen molar-refractivity contribution in [3.05, 3.63) is 29.8 Å². The smallest absolute Gasteiger partial charge is 0.220 e. The van der Waals surface area contributed by atoms with Crippen molar-refractivity contribution in [1.82, 2.24) is 5.32 Å². The molecule has 2 rings (SSSR count). The lowest BCUT2D eigenvalue weighted by Gasteiger charge is -2.09. The molecule has 1 amide bonds. The maximum atomic E-state index is 11.0. The van der Waals surface area contributed by atoms with Gasteiger partial charge >= 0.3 is 0 Å². The van der Waals surface area contributed by atoms with Crippen molar-refractivity contribution in [1.29, 1.82) is 0 Å². The van der Waals surface area contributed by atoms with Gasteiger partial charge in [0.05, 0.1) is 10.9 Å². The molecule has 0 aromatic heterocycles. The standard InChI is InChI=1S/C10H11NO3S/c12-10-6-5-9(11-10)7-1-3-8(4-2-7)15(13)14/h1-4,9H,5-6H2,(H,11,12)(H,13,14). The van der Waals surface area contributed by atoms with E-state index in [4.69, 9.17) is 4.55 Å². The van der Waals surface area contributed by atoms with E-state index in [0.717, 1.165) is 12.0 Å². The molecule has 5 heteroatoms. The van der Waals surface area contributed by atoms with Crippen LogP contribution in [-0.4, -0.2) is 14.7 Å². The lowest BCUT2D eigenvalue weighted by atomic mass is 10.1. The lowest BCUT2D eigenvalue weighted by molar-refractivity contribution is -0.119. The minimum absolute atomic E-state index is 0.0543. The molecule has 0 saturated carbocycles. The second-order valence-corrected chi connectivity index (χ2v) is 4.45. The fraction of sp³-hybridized carbons (Fsp3) is 0.300. The first-order valence-corrected chi connectivity index (χ1v) is 5.77. The fourth-order valence-electron chi connectivity index (χ4n) is 1.68. The molecule has 1 aromatic rings. The lowest BCUT2D eigenvalue weighted by Crippen LogP contribution is -2.18. The van der Waals surface area contributed by atoms with Crippen LogP contribution in [0.1, 0.15) is 24.4 Å². The minimum atomic E-state index is -1.93. The van der Waals surface area contributed by atoms with Gasteiger partial charge in [-0.1, -0.05) is 12.1 Å². The molecular formula is C10H11NO3S. The van der Waals surface area contributed by atoms with Gasteiger partial charge in [-0.2, -0.15) is 0 Å². The largest absolute Gasteiger partial charge is 0.349 e. The number of hydrogen-bond acceptors (Lipinski definition) is 2. The van der Waals surface area contributed by atoms with Gasteiger partial charge in [0.25, 0.3) is 0 Å². The van der Waals surface area contributed by atoms with Crippen molar-refractivity contribution in [2.75, 3.05) is 0 Å². The minimum Gasteiger partial charge on any atom is -0.349 e. The molecule has 0 aliphatic carbocycles. The zero-order valence-electron chi connectivity index (χ0n) is 7.97. The van der Waals surface area contributed by atoms with Crippen molar-refractivity contribution >= 4 is 17.0 Å². The summed E-state index contributed by atoms with van der Waals surface area (Å²) >= 11 is -1.93. The first-order valence-electron chi connectivity index (χ1n) is 4.67. The Kier molecular flexibility index (Phi) is 2.83. The van der Waals surface area contributed by atoms with Gasteiger partial charge in [0.2, 0.25) is 5.91 Å². The van der Waals surface area contributed by atoms with E-state index in [0.29, 0.717) is 11.3 Å². The SMILES string of the molecule is O=C1CCC(c2ccc(S(=O)O)cc2)N1. The van der Waals surface area contributed by atoms with E-state index in [1.807, 2.05) is 0 Å². The van der Waals surface area contributed by atoms with Gasteiger partial charge < -0.3 is 9.87 Å². The summed E-state index contributed by atoms with van der Waals surface area (Å²) in [6.45, 7) is 0. The van der Waals surface area contributed by atoms with Gasteiger partial charge in [0.15, 0.2) is 11.1 Å². The molecule has 1 fully saturated rings. The zero-order chi connectivity index (χ0) is 10.8. The molecule has 2 unspecified atom stereocenters. The third-order valence-electron chi connectivity index (χ3n) is 2.48. The Bertz CT molecular complexity index is 402. The molecule has 2 N–H and O–H groups in total. The molecule has 2 atom stereocenters. The average molecular weight is 225 g/mol. The normalized spacial score (nSPS) is 22.5. The number of nitrogens with one attached hydrogen (secondary N) is 1. The van der Waals surface area contributed by atoms with Gasteiger partial charge in [0.1, 0.15) is 0 Å². The van der Waals surface area contributed by atoms with E-state index in [1.165, 1.54) is 0 Å². The van der Waals surface area contributed by atoms with Crippen molar-refractivity contribution in [2.24, 2.45) is 0 Å². The van der Waals surface area contributed by atoms with Crippen LogP contribution in [0.2, 0.25) is 0 Å². The second-order valence-electron chi connectivity index (χ2n) is 3.48. The van der Waals surface area contributed by atoms with Gasteiger partial charge in [-0.3, -0.25) is 4.79 Å². The van der Waals surface area contributed by atoms with Crippen LogP contribution >= 0.6 is 0 Å². The van der Waals surface area contributed by atoms with Gasteiger partial charge in [-0.05, 0) is 24.1 Å². The van der Waals surface area contributed by atoms with Gasteiger partial charge in [-0.15, -0.1) is 0 Å². The first-order chi connectivity index (χ1) is 7.16. The van der Waals surface area contributed by atoms with Gasteiger partial charge in [-0.25, -0.2) is 4.21 Å². The molecule has 0 radical (unpaired) electrons. The summed E-state index contributed by atoms with van der Waals surface area (Å²) < 4.78 is 19.6. The Morgan fingerprint density at radius 3 is 2.47 bits per heavy atom. The first kappa shape index (κ1) is 10.3. The number of benzene rings is 1. The number of carbonyl (C=O) groups is 1. The quantitative estimate of drug-likeness (QED) is 0.744. The van der Waals surface area contributed by atoms with Crippen molar-refractivity contribution in [2.45, 2.75) is 23.8 Å². The summed E-state index contributed by atoms with van der Waals surface area (Å²) in [6, 6.07) is 6.82. The van der Waals surface area contributed by atoms with Gasteiger partial charge in [0, 0.05) is 6.42 Å².